The Kier molecular flexibility index (Phi) is 4.13. The fourth-order valence-corrected chi connectivity index (χ4v) is 3.46. The van der Waals surface area contributed by atoms with Gasteiger partial charge in [-0.3, -0.25) is 20.4 Å². The van der Waals surface area contributed by atoms with Crippen molar-refractivity contribution < 1.29 is 13.9 Å². The number of hydrogen-bond acceptors (Lipinski definition) is 6. The Balaban J connectivity index is 1.49. The van der Waals surface area contributed by atoms with Gasteiger partial charge in [0, 0.05) is 5.69 Å². The summed E-state index contributed by atoms with van der Waals surface area (Å²) in [6, 6.07) is 16.3. The molecule has 1 atom stereocenters. The highest BCUT2D eigenvalue weighted by molar-refractivity contribution is 6.17. The highest BCUT2D eigenvalue weighted by Gasteiger charge is 2.37. The lowest BCUT2D eigenvalue weighted by Gasteiger charge is -2.36. The molecule has 0 bridgehead atoms. The van der Waals surface area contributed by atoms with Gasteiger partial charge in [-0.25, -0.2) is 4.98 Å². The minimum Gasteiger partial charge on any atom is -0.497 e. The highest BCUT2D eigenvalue weighted by atomic mass is 16.5. The van der Waals surface area contributed by atoms with Crippen molar-refractivity contribution in [2.24, 2.45) is 0 Å². The van der Waals surface area contributed by atoms with Crippen molar-refractivity contribution in [2.45, 2.75) is 6.17 Å². The molecular weight excluding hydrogens is 384 g/mol. The summed E-state index contributed by atoms with van der Waals surface area (Å²) in [6.45, 7) is 0. The zero-order valence-corrected chi connectivity index (χ0v) is 16.0. The van der Waals surface area contributed by atoms with Crippen LogP contribution in [0.3, 0.4) is 0 Å². The Morgan fingerprint density at radius 2 is 2.00 bits per heavy atom. The second kappa shape index (κ2) is 6.96. The van der Waals surface area contributed by atoms with Crippen LogP contribution >= 0.6 is 0 Å². The van der Waals surface area contributed by atoms with Crippen LogP contribution in [0, 0.1) is 5.41 Å². The number of rotatable bonds is 4. The van der Waals surface area contributed by atoms with Crippen molar-refractivity contribution in [3.05, 3.63) is 66.4 Å². The number of para-hydroxylation sites is 2. The Hall–Kier alpha value is -4.27. The van der Waals surface area contributed by atoms with Crippen molar-refractivity contribution in [1.29, 1.82) is 5.41 Å². The number of benzene rings is 2. The van der Waals surface area contributed by atoms with Crippen LogP contribution < -0.4 is 20.3 Å². The van der Waals surface area contributed by atoms with Gasteiger partial charge in [0.25, 0.3) is 5.91 Å². The summed E-state index contributed by atoms with van der Waals surface area (Å²) < 4.78 is 10.6. The Morgan fingerprint density at radius 3 is 2.77 bits per heavy atom. The molecule has 9 nitrogen and oxygen atoms in total. The van der Waals surface area contributed by atoms with Gasteiger partial charge in [0.2, 0.25) is 11.8 Å². The number of amides is 1. The number of nitrogens with zero attached hydrogens (tertiary/aromatic N) is 2. The molecule has 2 aromatic heterocycles. The zero-order valence-electron chi connectivity index (χ0n) is 16.0. The van der Waals surface area contributed by atoms with Crippen molar-refractivity contribution in [3.8, 4) is 5.75 Å². The van der Waals surface area contributed by atoms with Gasteiger partial charge < -0.3 is 19.5 Å². The van der Waals surface area contributed by atoms with Crippen LogP contribution in [0.4, 0.5) is 17.5 Å². The van der Waals surface area contributed by atoms with Crippen LogP contribution in [0.15, 0.2) is 65.3 Å². The number of carbonyl (C=O) groups excluding carboxylic acids is 1. The normalized spacial score (nSPS) is 15.6. The third kappa shape index (κ3) is 2.93. The third-order valence-electron chi connectivity index (χ3n) is 4.92. The molecule has 30 heavy (non-hydrogen) atoms. The van der Waals surface area contributed by atoms with Crippen LogP contribution in [-0.2, 0) is 4.79 Å². The molecule has 2 aromatic carbocycles. The molecule has 3 heterocycles. The van der Waals surface area contributed by atoms with Crippen LogP contribution in [0.5, 0.6) is 5.75 Å². The maximum Gasteiger partial charge on any atom is 0.270 e. The lowest BCUT2D eigenvalue weighted by Crippen LogP contribution is -2.55. The van der Waals surface area contributed by atoms with E-state index in [4.69, 9.17) is 14.6 Å². The standard InChI is InChI=1S/C21H18N6O3/c1-29-13-8-6-12(7-9-13)27-17(22)14-10-11-30-20(14)25-18(27)19(28)26-21-23-15-4-2-3-5-16(15)24-21/h2-11,18,22,25H,1H3,(H2,23,24,26,28). The fraction of sp³-hybridized carbons (Fsp3) is 0.0952. The maximum absolute atomic E-state index is 13.2. The molecule has 9 heteroatoms. The molecule has 1 amide bonds. The molecule has 1 aliphatic rings. The lowest BCUT2D eigenvalue weighted by molar-refractivity contribution is -0.116. The van der Waals surface area contributed by atoms with E-state index >= 15 is 0 Å². The molecule has 4 aromatic rings. The molecule has 150 valence electrons. The van der Waals surface area contributed by atoms with Gasteiger partial charge in [0.15, 0.2) is 6.17 Å². The summed E-state index contributed by atoms with van der Waals surface area (Å²) in [6.07, 6.45) is 0.565. The monoisotopic (exact) mass is 402 g/mol. The molecule has 0 radical (unpaired) electrons. The van der Waals surface area contributed by atoms with E-state index in [1.807, 2.05) is 24.3 Å². The number of fused-ring (bicyclic) bond motifs is 2. The van der Waals surface area contributed by atoms with Gasteiger partial charge in [-0.1, -0.05) is 12.1 Å². The topological polar surface area (TPSA) is 119 Å². The molecule has 1 aliphatic heterocycles. The van der Waals surface area contributed by atoms with E-state index < -0.39 is 12.1 Å². The minimum atomic E-state index is -0.919. The second-order valence-corrected chi connectivity index (χ2v) is 6.72. The molecule has 0 aliphatic carbocycles. The molecule has 4 N–H and O–H groups in total. The first-order valence-corrected chi connectivity index (χ1v) is 9.26. The number of amidine groups is 1. The number of ether oxygens (including phenoxy) is 1. The number of imidazole rings is 1. The number of hydrogen-bond donors (Lipinski definition) is 4. The van der Waals surface area contributed by atoms with Gasteiger partial charge in [0.05, 0.1) is 30.0 Å². The molecule has 5 rings (SSSR count). The number of carbonyl (C=O) groups is 1. The molecule has 0 fully saturated rings. The number of aromatic nitrogens is 2. The second-order valence-electron chi connectivity index (χ2n) is 6.72. The highest BCUT2D eigenvalue weighted by Crippen LogP contribution is 2.31. The Labute approximate surface area is 171 Å². The molecule has 0 spiro atoms. The van der Waals surface area contributed by atoms with Crippen molar-refractivity contribution >= 4 is 40.3 Å². The first kappa shape index (κ1) is 17.8. The number of aromatic amines is 1. The largest absolute Gasteiger partial charge is 0.497 e. The molecule has 1 unspecified atom stereocenters. The van der Waals surface area contributed by atoms with E-state index in [-0.39, 0.29) is 5.84 Å². The van der Waals surface area contributed by atoms with Crippen LogP contribution in [0.2, 0.25) is 0 Å². The van der Waals surface area contributed by atoms with E-state index in [1.54, 1.807) is 42.3 Å². The first-order valence-electron chi connectivity index (χ1n) is 9.26. The van der Waals surface area contributed by atoms with Gasteiger partial charge in [-0.05, 0) is 42.5 Å². The quantitative estimate of drug-likeness (QED) is 0.415. The summed E-state index contributed by atoms with van der Waals surface area (Å²) in [5, 5.41) is 14.5. The van der Waals surface area contributed by atoms with Crippen molar-refractivity contribution in [3.63, 3.8) is 0 Å². The van der Waals surface area contributed by atoms with Crippen LogP contribution in [-0.4, -0.2) is 35.0 Å². The zero-order chi connectivity index (χ0) is 20.7. The average Bonchev–Trinajstić information content (AvgIpc) is 3.40. The van der Waals surface area contributed by atoms with E-state index in [2.05, 4.69) is 20.6 Å². The Bertz CT molecular complexity index is 1210. The predicted octanol–water partition coefficient (Wildman–Crippen LogP) is 3.39. The first-order chi connectivity index (χ1) is 14.6. The van der Waals surface area contributed by atoms with Gasteiger partial charge in [-0.15, -0.1) is 0 Å². The van der Waals surface area contributed by atoms with E-state index in [1.165, 1.54) is 6.26 Å². The number of methoxy groups -OCH3 is 1. The van der Waals surface area contributed by atoms with E-state index in [9.17, 15) is 4.79 Å². The maximum atomic E-state index is 13.2. The van der Waals surface area contributed by atoms with Crippen LogP contribution in [0.1, 0.15) is 5.56 Å². The number of nitrogens with one attached hydrogen (secondary N) is 4. The number of anilines is 3. The number of H-pyrrole nitrogens is 1. The average molecular weight is 402 g/mol. The summed E-state index contributed by atoms with van der Waals surface area (Å²) in [7, 11) is 1.58. The molecule has 0 saturated carbocycles. The fourth-order valence-electron chi connectivity index (χ4n) is 3.46. The van der Waals surface area contributed by atoms with Gasteiger partial charge in [-0.2, -0.15) is 0 Å². The molecule has 0 saturated heterocycles. The minimum absolute atomic E-state index is 0.146. The van der Waals surface area contributed by atoms with E-state index in [0.717, 1.165) is 11.0 Å². The summed E-state index contributed by atoms with van der Waals surface area (Å²) in [5.41, 5.74) is 2.79. The van der Waals surface area contributed by atoms with Gasteiger partial charge >= 0.3 is 0 Å². The summed E-state index contributed by atoms with van der Waals surface area (Å²) in [5.74, 6) is 1.13. The van der Waals surface area contributed by atoms with Crippen molar-refractivity contribution in [1.82, 2.24) is 9.97 Å². The SMILES string of the molecule is COc1ccc(N2C(=N)c3ccoc3NC2C(=O)Nc2nc3ccccc3[nH]2)cc1. The third-order valence-corrected chi connectivity index (χ3v) is 4.92. The van der Waals surface area contributed by atoms with Crippen molar-refractivity contribution in [2.75, 3.05) is 22.6 Å². The van der Waals surface area contributed by atoms with E-state index in [0.29, 0.717) is 28.8 Å². The summed E-state index contributed by atoms with van der Waals surface area (Å²) >= 11 is 0. The van der Waals surface area contributed by atoms with Gasteiger partial charge in [0.1, 0.15) is 11.6 Å². The predicted molar refractivity (Wildman–Crippen MR) is 113 cm³/mol. The number of furan rings is 1. The lowest BCUT2D eigenvalue weighted by atomic mass is 10.1. The smallest absolute Gasteiger partial charge is 0.270 e. The summed E-state index contributed by atoms with van der Waals surface area (Å²) in [4.78, 5) is 22.3. The van der Waals surface area contributed by atoms with Crippen LogP contribution in [0.25, 0.3) is 11.0 Å². The Morgan fingerprint density at radius 1 is 1.20 bits per heavy atom. The molecular formula is C21H18N6O3.